The molecule has 24 heavy (non-hydrogen) atoms. The average molecular weight is 352 g/mol. The van der Waals surface area contributed by atoms with Crippen LogP contribution in [0.5, 0.6) is 0 Å². The van der Waals surface area contributed by atoms with Gasteiger partial charge < -0.3 is 10.1 Å². The van der Waals surface area contributed by atoms with Crippen LogP contribution < -0.4 is 5.32 Å². The molecule has 1 aromatic carbocycles. The summed E-state index contributed by atoms with van der Waals surface area (Å²) in [4.78, 5) is 25.1. The number of esters is 1. The Bertz CT molecular complexity index is 562. The van der Waals surface area contributed by atoms with Crippen LogP contribution in [0.25, 0.3) is 0 Å². The Morgan fingerprint density at radius 3 is 2.17 bits per heavy atom. The summed E-state index contributed by atoms with van der Waals surface area (Å²) in [5, 5.41) is 2.10. The molecule has 1 atom stereocenters. The van der Waals surface area contributed by atoms with E-state index in [0.717, 1.165) is 36.8 Å². The van der Waals surface area contributed by atoms with Gasteiger partial charge in [-0.25, -0.2) is 4.79 Å². The fourth-order valence-corrected chi connectivity index (χ4v) is 3.47. The largest absolute Gasteiger partial charge is 0.467 e. The van der Waals surface area contributed by atoms with Gasteiger partial charge in [0.2, 0.25) is 5.91 Å². The Morgan fingerprint density at radius 1 is 1.08 bits per heavy atom. The minimum Gasteiger partial charge on any atom is -0.467 e. The highest BCUT2D eigenvalue weighted by molar-refractivity contribution is 6.31. The molecule has 5 heteroatoms. The number of carbonyl (C=O) groups is 2. The van der Waals surface area contributed by atoms with E-state index in [1.807, 2.05) is 31.2 Å². The lowest BCUT2D eigenvalue weighted by Crippen LogP contribution is -2.56. The number of halogens is 1. The number of rotatable bonds is 4. The van der Waals surface area contributed by atoms with Crippen molar-refractivity contribution in [1.82, 2.24) is 5.32 Å². The van der Waals surface area contributed by atoms with Crippen LogP contribution in [-0.2, 0) is 14.3 Å². The molecule has 1 N–H and O–H groups in total. The van der Waals surface area contributed by atoms with Gasteiger partial charge in [-0.05, 0) is 25.3 Å². The lowest BCUT2D eigenvalue weighted by Gasteiger charge is -2.34. The van der Waals surface area contributed by atoms with Gasteiger partial charge in [-0.3, -0.25) is 4.79 Å². The van der Waals surface area contributed by atoms with Crippen molar-refractivity contribution >= 4 is 23.5 Å². The van der Waals surface area contributed by atoms with E-state index in [1.165, 1.54) is 13.5 Å². The smallest absolute Gasteiger partial charge is 0.331 e. The molecule has 0 aliphatic heterocycles. The van der Waals surface area contributed by atoms with Crippen molar-refractivity contribution in [1.29, 1.82) is 0 Å². The summed E-state index contributed by atoms with van der Waals surface area (Å²) < 4.78 is 4.99. The molecule has 2 rings (SSSR count). The molecule has 1 aliphatic rings. The van der Waals surface area contributed by atoms with Crippen LogP contribution in [0.2, 0.25) is 0 Å². The number of alkyl halides is 1. The minimum atomic E-state index is -0.954. The highest BCUT2D eigenvalue weighted by Gasteiger charge is 2.41. The second kappa shape index (κ2) is 8.52. The first-order valence-electron chi connectivity index (χ1n) is 8.59. The molecule has 1 unspecified atom stereocenters. The maximum absolute atomic E-state index is 12.7. The Labute approximate surface area is 148 Å². The zero-order chi connectivity index (χ0) is 17.6. The van der Waals surface area contributed by atoms with E-state index in [2.05, 4.69) is 5.32 Å². The predicted octanol–water partition coefficient (Wildman–Crippen LogP) is 4.05. The molecule has 0 radical (unpaired) electrons. The van der Waals surface area contributed by atoms with Crippen molar-refractivity contribution in [2.24, 2.45) is 0 Å². The minimum absolute atomic E-state index is 0.341. The molecule has 0 aromatic heterocycles. The number of carbonyl (C=O) groups excluding carboxylic acids is 2. The lowest BCUT2D eigenvalue weighted by molar-refractivity contribution is -0.152. The van der Waals surface area contributed by atoms with Gasteiger partial charge in [0.15, 0.2) is 0 Å². The topological polar surface area (TPSA) is 55.4 Å². The number of aryl methyl sites for hydroxylation is 1. The summed E-state index contributed by atoms with van der Waals surface area (Å²) in [6, 6.07) is 7.53. The Hall–Kier alpha value is -1.55. The molecular formula is C19H26ClNO3. The van der Waals surface area contributed by atoms with Gasteiger partial charge in [0.25, 0.3) is 0 Å². The third-order valence-corrected chi connectivity index (χ3v) is 5.20. The fraction of sp³-hybridized carbons (Fsp3) is 0.579. The first-order valence-corrected chi connectivity index (χ1v) is 9.03. The zero-order valence-electron chi connectivity index (χ0n) is 14.4. The maximum atomic E-state index is 12.7. The van der Waals surface area contributed by atoms with E-state index in [9.17, 15) is 9.59 Å². The van der Waals surface area contributed by atoms with Gasteiger partial charge in [-0.15, -0.1) is 11.6 Å². The van der Waals surface area contributed by atoms with E-state index in [0.29, 0.717) is 12.8 Å². The first kappa shape index (κ1) is 18.8. The van der Waals surface area contributed by atoms with Gasteiger partial charge in [0, 0.05) is 0 Å². The van der Waals surface area contributed by atoms with Crippen LogP contribution in [-0.4, -0.2) is 24.5 Å². The van der Waals surface area contributed by atoms with Gasteiger partial charge in [-0.2, -0.15) is 0 Å². The molecular weight excluding hydrogens is 326 g/mol. The second-order valence-corrected chi connectivity index (χ2v) is 7.04. The van der Waals surface area contributed by atoms with E-state index < -0.39 is 10.9 Å². The molecule has 0 bridgehead atoms. The number of benzene rings is 1. The van der Waals surface area contributed by atoms with Crippen LogP contribution in [0.15, 0.2) is 24.3 Å². The number of hydrogen-bond donors (Lipinski definition) is 1. The highest BCUT2D eigenvalue weighted by atomic mass is 35.5. The molecule has 0 heterocycles. The van der Waals surface area contributed by atoms with Crippen molar-refractivity contribution in [2.45, 2.75) is 62.8 Å². The average Bonchev–Trinajstić information content (AvgIpc) is 2.56. The van der Waals surface area contributed by atoms with Crippen molar-refractivity contribution < 1.29 is 14.3 Å². The standard InChI is InChI=1S/C19H26ClNO3/c1-14-8-10-15(11-9-14)16(20)17(22)21-19(18(23)24-2)12-6-4-3-5-7-13-19/h8-11,16H,3-7,12-13H2,1-2H3,(H,21,22). The Morgan fingerprint density at radius 2 is 1.62 bits per heavy atom. The molecule has 132 valence electrons. The number of hydrogen-bond acceptors (Lipinski definition) is 3. The van der Waals surface area contributed by atoms with Crippen LogP contribution in [0.1, 0.15) is 61.4 Å². The quantitative estimate of drug-likeness (QED) is 0.657. The second-order valence-electron chi connectivity index (χ2n) is 6.60. The molecule has 1 fully saturated rings. The number of ether oxygens (including phenoxy) is 1. The van der Waals surface area contributed by atoms with Gasteiger partial charge in [-0.1, -0.05) is 61.9 Å². The van der Waals surface area contributed by atoms with E-state index >= 15 is 0 Å². The van der Waals surface area contributed by atoms with Crippen LogP contribution in [0, 0.1) is 6.92 Å². The molecule has 4 nitrogen and oxygen atoms in total. The summed E-state index contributed by atoms with van der Waals surface area (Å²) in [7, 11) is 1.37. The van der Waals surface area contributed by atoms with Gasteiger partial charge >= 0.3 is 5.97 Å². The summed E-state index contributed by atoms with van der Waals surface area (Å²) in [6.07, 6.45) is 6.30. The Kier molecular flexibility index (Phi) is 6.67. The summed E-state index contributed by atoms with van der Waals surface area (Å²) >= 11 is 6.35. The normalized spacial score (nSPS) is 18.8. The van der Waals surface area contributed by atoms with E-state index in [-0.39, 0.29) is 11.9 Å². The van der Waals surface area contributed by atoms with E-state index in [1.54, 1.807) is 0 Å². The van der Waals surface area contributed by atoms with Gasteiger partial charge in [0.05, 0.1) is 7.11 Å². The third kappa shape index (κ3) is 4.50. The fourth-order valence-electron chi connectivity index (χ4n) is 3.27. The number of methoxy groups -OCH3 is 1. The summed E-state index contributed by atoms with van der Waals surface area (Å²) in [6.45, 7) is 1.98. The highest BCUT2D eigenvalue weighted by Crippen LogP contribution is 2.30. The van der Waals surface area contributed by atoms with Crippen molar-refractivity contribution in [3.8, 4) is 0 Å². The van der Waals surface area contributed by atoms with Crippen LogP contribution in [0.3, 0.4) is 0 Å². The zero-order valence-corrected chi connectivity index (χ0v) is 15.2. The van der Waals surface area contributed by atoms with Crippen molar-refractivity contribution in [3.05, 3.63) is 35.4 Å². The number of amides is 1. The molecule has 1 amide bonds. The van der Waals surface area contributed by atoms with Crippen LogP contribution >= 0.6 is 11.6 Å². The Balaban J connectivity index is 2.16. The van der Waals surface area contributed by atoms with E-state index in [4.69, 9.17) is 16.3 Å². The van der Waals surface area contributed by atoms with Crippen molar-refractivity contribution in [3.63, 3.8) is 0 Å². The molecule has 0 spiro atoms. The molecule has 0 saturated heterocycles. The lowest BCUT2D eigenvalue weighted by atomic mass is 9.83. The summed E-state index contributed by atoms with van der Waals surface area (Å²) in [5.74, 6) is -0.711. The maximum Gasteiger partial charge on any atom is 0.331 e. The molecule has 1 aliphatic carbocycles. The molecule has 1 saturated carbocycles. The third-order valence-electron chi connectivity index (χ3n) is 4.75. The number of nitrogens with one attached hydrogen (secondary N) is 1. The van der Waals surface area contributed by atoms with Crippen LogP contribution in [0.4, 0.5) is 0 Å². The predicted molar refractivity (Wildman–Crippen MR) is 95.0 cm³/mol. The molecule has 1 aromatic rings. The SMILES string of the molecule is COC(=O)C1(NC(=O)C(Cl)c2ccc(C)cc2)CCCCCCC1. The first-order chi connectivity index (χ1) is 11.5. The monoisotopic (exact) mass is 351 g/mol. The van der Waals surface area contributed by atoms with Gasteiger partial charge in [0.1, 0.15) is 10.9 Å². The summed E-state index contributed by atoms with van der Waals surface area (Å²) in [5.41, 5.74) is 0.879. The van der Waals surface area contributed by atoms with Crippen molar-refractivity contribution in [2.75, 3.05) is 7.11 Å².